The zero-order valence-electron chi connectivity index (χ0n) is 11.1. The third-order valence-corrected chi connectivity index (χ3v) is 6.10. The molecule has 21 heavy (non-hydrogen) atoms. The normalized spacial score (nSPS) is 43.2. The number of nitrogens with one attached hydrogen (secondary N) is 1. The number of halogens is 2. The number of alkyl halides is 2. The van der Waals surface area contributed by atoms with Crippen LogP contribution in [0.2, 0.25) is 0 Å². The van der Waals surface area contributed by atoms with E-state index < -0.39 is 44.9 Å². The molecule has 11 heteroatoms. The summed E-state index contributed by atoms with van der Waals surface area (Å²) in [5, 5.41) is 31.7. The molecule has 6 unspecified atom stereocenters. The van der Waals surface area contributed by atoms with Crippen molar-refractivity contribution in [1.29, 1.82) is 0 Å². The summed E-state index contributed by atoms with van der Waals surface area (Å²) in [6.45, 7) is 0.0717. The lowest BCUT2D eigenvalue weighted by Gasteiger charge is -2.37. The first-order chi connectivity index (χ1) is 9.96. The fourth-order valence-corrected chi connectivity index (χ4v) is 5.23. The van der Waals surface area contributed by atoms with Gasteiger partial charge in [-0.2, -0.15) is 0 Å². The molecule has 0 amide bonds. The Labute approximate surface area is 132 Å². The average molecular weight is 365 g/mol. The Morgan fingerprint density at radius 1 is 1.19 bits per heavy atom. The number of nitrogens with zero attached hydrogens (tertiary/aromatic N) is 1. The molecule has 2 rings (SSSR count). The number of rotatable bonds is 6. The lowest BCUT2D eigenvalue weighted by atomic mass is 9.98. The summed E-state index contributed by atoms with van der Waals surface area (Å²) in [6.07, 6.45) is -4.59. The second kappa shape index (κ2) is 7.40. The molecule has 0 aromatic rings. The molecule has 2 heterocycles. The number of aliphatic hydroxyl groups is 3. The summed E-state index contributed by atoms with van der Waals surface area (Å²) in [7, 11) is -3.48. The monoisotopic (exact) mass is 364 g/mol. The van der Waals surface area contributed by atoms with Crippen molar-refractivity contribution in [2.75, 3.05) is 31.5 Å². The van der Waals surface area contributed by atoms with Gasteiger partial charge < -0.3 is 20.1 Å². The largest absolute Gasteiger partial charge is 0.394 e. The summed E-state index contributed by atoms with van der Waals surface area (Å²) < 4.78 is 25.1. The maximum absolute atomic E-state index is 12.8. The van der Waals surface area contributed by atoms with E-state index in [1.54, 1.807) is 0 Å². The van der Waals surface area contributed by atoms with Crippen LogP contribution in [0.3, 0.4) is 0 Å². The average Bonchev–Trinajstić information content (AvgIpc) is 2.81. The minimum Gasteiger partial charge on any atom is -0.394 e. The molecule has 0 aliphatic carbocycles. The molecular formula is C10H19Cl2N2O6P. The molecule has 0 spiro atoms. The minimum atomic E-state index is -3.48. The number of ether oxygens (including phenoxy) is 1. The van der Waals surface area contributed by atoms with Crippen molar-refractivity contribution in [3.8, 4) is 0 Å². The Bertz CT molecular complexity index is 400. The van der Waals surface area contributed by atoms with E-state index in [4.69, 9.17) is 37.6 Å². The van der Waals surface area contributed by atoms with Gasteiger partial charge in [-0.05, 0) is 0 Å². The summed E-state index contributed by atoms with van der Waals surface area (Å²) >= 11 is 11.4. The highest BCUT2D eigenvalue weighted by molar-refractivity contribution is 7.54. The zero-order chi connectivity index (χ0) is 15.6. The van der Waals surface area contributed by atoms with Gasteiger partial charge >= 0.3 is 7.67 Å². The number of hydrogen-bond donors (Lipinski definition) is 4. The van der Waals surface area contributed by atoms with Gasteiger partial charge in [-0.25, -0.2) is 9.76 Å². The summed E-state index contributed by atoms with van der Waals surface area (Å²) in [5.41, 5.74) is 0. The Morgan fingerprint density at radius 3 is 2.33 bits per heavy atom. The van der Waals surface area contributed by atoms with Crippen molar-refractivity contribution in [1.82, 2.24) is 9.76 Å². The van der Waals surface area contributed by atoms with E-state index in [0.29, 0.717) is 0 Å². The Morgan fingerprint density at radius 2 is 1.81 bits per heavy atom. The first-order valence-electron chi connectivity index (χ1n) is 6.53. The van der Waals surface area contributed by atoms with E-state index in [2.05, 4.69) is 5.09 Å². The third-order valence-electron chi connectivity index (χ3n) is 3.50. The lowest BCUT2D eigenvalue weighted by molar-refractivity contribution is -0.231. The minimum absolute atomic E-state index is 0.229. The fourth-order valence-electron chi connectivity index (χ4n) is 2.39. The van der Waals surface area contributed by atoms with E-state index in [0.717, 1.165) is 0 Å². The van der Waals surface area contributed by atoms with Gasteiger partial charge in [-0.1, -0.05) is 0 Å². The maximum atomic E-state index is 12.8. The van der Waals surface area contributed by atoms with Gasteiger partial charge in [0.05, 0.1) is 12.6 Å². The van der Waals surface area contributed by atoms with Crippen molar-refractivity contribution in [2.24, 2.45) is 0 Å². The van der Waals surface area contributed by atoms with Crippen LogP contribution in [-0.2, 0) is 13.8 Å². The van der Waals surface area contributed by atoms with Gasteiger partial charge in [0.15, 0.2) is 6.29 Å². The zero-order valence-corrected chi connectivity index (χ0v) is 13.5. The quantitative estimate of drug-likeness (QED) is 0.361. The Balaban J connectivity index is 2.15. The van der Waals surface area contributed by atoms with E-state index in [1.165, 1.54) is 4.67 Å². The van der Waals surface area contributed by atoms with Gasteiger partial charge in [0.25, 0.3) is 0 Å². The van der Waals surface area contributed by atoms with Gasteiger partial charge in [0.2, 0.25) is 0 Å². The number of hydrogen-bond acceptors (Lipinski definition) is 6. The predicted molar refractivity (Wildman–Crippen MR) is 76.4 cm³/mol. The standard InChI is InChI=1S/C10H19Cl2N2O6P/c11-1-3-14(4-2-12)21(18)13-7-9(17)8(16)6(5-15)19-10(7)20-21/h6-10,15-17H,1-5H2,(H,13,18). The molecule has 0 bridgehead atoms. The molecule has 8 nitrogen and oxygen atoms in total. The van der Waals surface area contributed by atoms with Crippen LogP contribution in [0, 0.1) is 0 Å². The van der Waals surface area contributed by atoms with E-state index in [1.807, 2.05) is 0 Å². The van der Waals surface area contributed by atoms with E-state index in [-0.39, 0.29) is 24.8 Å². The highest BCUT2D eigenvalue weighted by Gasteiger charge is 2.55. The molecule has 0 aromatic carbocycles. The highest BCUT2D eigenvalue weighted by Crippen LogP contribution is 2.55. The van der Waals surface area contributed by atoms with Crippen molar-refractivity contribution < 1.29 is 29.1 Å². The molecule has 2 aliphatic heterocycles. The molecular weight excluding hydrogens is 346 g/mol. The van der Waals surface area contributed by atoms with Gasteiger partial charge in [-0.3, -0.25) is 9.09 Å². The fraction of sp³-hybridized carbons (Fsp3) is 1.00. The smallest absolute Gasteiger partial charge is 0.346 e. The molecule has 0 aromatic heterocycles. The van der Waals surface area contributed by atoms with Crippen LogP contribution in [-0.4, -0.2) is 82.1 Å². The molecule has 124 valence electrons. The topological polar surface area (TPSA) is 111 Å². The van der Waals surface area contributed by atoms with Crippen molar-refractivity contribution in [2.45, 2.75) is 30.6 Å². The molecule has 0 radical (unpaired) electrons. The molecule has 4 N–H and O–H groups in total. The third kappa shape index (κ3) is 3.55. The van der Waals surface area contributed by atoms with E-state index >= 15 is 0 Å². The summed E-state index contributed by atoms with van der Waals surface area (Å²) in [4.78, 5) is 0. The molecule has 2 fully saturated rings. The SMILES string of the molecule is O=P1(N(CCCl)CCCl)NC2C(OC(CO)C(O)C2O)O1. The van der Waals surface area contributed by atoms with E-state index in [9.17, 15) is 14.8 Å². The maximum Gasteiger partial charge on any atom is 0.346 e. The van der Waals surface area contributed by atoms with Crippen molar-refractivity contribution in [3.05, 3.63) is 0 Å². The van der Waals surface area contributed by atoms with Crippen LogP contribution in [0.25, 0.3) is 0 Å². The van der Waals surface area contributed by atoms with Crippen LogP contribution in [0.5, 0.6) is 0 Å². The Hall–Kier alpha value is 0.530. The first kappa shape index (κ1) is 17.9. The lowest BCUT2D eigenvalue weighted by Crippen LogP contribution is -2.59. The van der Waals surface area contributed by atoms with Crippen LogP contribution in [0.15, 0.2) is 0 Å². The molecule has 6 atom stereocenters. The second-order valence-corrected chi connectivity index (χ2v) is 7.65. The van der Waals surface area contributed by atoms with Crippen LogP contribution >= 0.6 is 30.9 Å². The van der Waals surface area contributed by atoms with Crippen LogP contribution < -0.4 is 5.09 Å². The number of fused-ring (bicyclic) bond motifs is 1. The first-order valence-corrected chi connectivity index (χ1v) is 9.17. The van der Waals surface area contributed by atoms with Crippen molar-refractivity contribution >= 4 is 30.9 Å². The Kier molecular flexibility index (Phi) is 6.30. The van der Waals surface area contributed by atoms with Crippen LogP contribution in [0.1, 0.15) is 0 Å². The second-order valence-electron chi connectivity index (χ2n) is 4.82. The molecule has 0 saturated carbocycles. The van der Waals surface area contributed by atoms with Gasteiger partial charge in [0.1, 0.15) is 18.3 Å². The number of aliphatic hydroxyl groups excluding tert-OH is 3. The molecule has 2 saturated heterocycles. The van der Waals surface area contributed by atoms with Crippen molar-refractivity contribution in [3.63, 3.8) is 0 Å². The van der Waals surface area contributed by atoms with Gasteiger partial charge in [-0.15, -0.1) is 23.2 Å². The van der Waals surface area contributed by atoms with Crippen LogP contribution in [0.4, 0.5) is 0 Å². The van der Waals surface area contributed by atoms with Gasteiger partial charge in [0, 0.05) is 24.8 Å². The highest BCUT2D eigenvalue weighted by atomic mass is 35.5. The summed E-state index contributed by atoms with van der Waals surface area (Å²) in [5.74, 6) is 0.457. The molecule has 2 aliphatic rings. The summed E-state index contributed by atoms with van der Waals surface area (Å²) in [6, 6.07) is -0.859. The predicted octanol–water partition coefficient (Wildman–Crippen LogP) is -0.699.